The standard InChI is InChI=1S/C24H38N4O2.HI/c1-5-25-23(26-15-19-11-8-14-30-22(19)24(2,3)4)27-16-21(29)28-13-12-18-9-6-7-10-20(18)17-28;/h6-7,9-10,19,22H,5,8,11-17H2,1-4H3,(H2,25,26,27);1H. The number of halogens is 1. The van der Waals surface area contributed by atoms with Crippen LogP contribution in [0.5, 0.6) is 0 Å². The number of ether oxygens (including phenoxy) is 1. The van der Waals surface area contributed by atoms with Crippen LogP contribution in [0, 0.1) is 11.3 Å². The zero-order valence-electron chi connectivity index (χ0n) is 19.4. The van der Waals surface area contributed by atoms with E-state index in [1.165, 1.54) is 11.1 Å². The molecule has 31 heavy (non-hydrogen) atoms. The lowest BCUT2D eigenvalue weighted by atomic mass is 9.78. The molecule has 0 aromatic heterocycles. The highest BCUT2D eigenvalue weighted by molar-refractivity contribution is 14.0. The first-order chi connectivity index (χ1) is 14.4. The van der Waals surface area contributed by atoms with Gasteiger partial charge in [-0.3, -0.25) is 4.79 Å². The summed E-state index contributed by atoms with van der Waals surface area (Å²) in [4.78, 5) is 19.2. The van der Waals surface area contributed by atoms with Crippen molar-refractivity contribution in [3.8, 4) is 0 Å². The predicted octanol–water partition coefficient (Wildman–Crippen LogP) is 3.59. The monoisotopic (exact) mass is 542 g/mol. The predicted molar refractivity (Wildman–Crippen MR) is 137 cm³/mol. The van der Waals surface area contributed by atoms with E-state index in [2.05, 4.69) is 54.6 Å². The molecule has 174 valence electrons. The molecule has 0 radical (unpaired) electrons. The summed E-state index contributed by atoms with van der Waals surface area (Å²) in [6.45, 7) is 12.8. The van der Waals surface area contributed by atoms with Crippen LogP contribution in [0.2, 0.25) is 0 Å². The number of aliphatic imine (C=N–C) groups is 1. The molecule has 0 aliphatic carbocycles. The number of fused-ring (bicyclic) bond motifs is 1. The van der Waals surface area contributed by atoms with Gasteiger partial charge in [-0.25, -0.2) is 4.99 Å². The Balaban J connectivity index is 0.00000341. The average molecular weight is 543 g/mol. The average Bonchev–Trinajstić information content (AvgIpc) is 2.74. The maximum absolute atomic E-state index is 12.7. The van der Waals surface area contributed by atoms with Crippen LogP contribution in [0.25, 0.3) is 0 Å². The summed E-state index contributed by atoms with van der Waals surface area (Å²) < 4.78 is 6.09. The number of benzene rings is 1. The number of carbonyl (C=O) groups is 1. The van der Waals surface area contributed by atoms with Crippen molar-refractivity contribution in [2.75, 3.05) is 32.8 Å². The van der Waals surface area contributed by atoms with Gasteiger partial charge in [-0.15, -0.1) is 24.0 Å². The van der Waals surface area contributed by atoms with E-state index in [1.807, 2.05) is 17.9 Å². The summed E-state index contributed by atoms with van der Waals surface area (Å²) in [5.74, 6) is 1.23. The second kappa shape index (κ2) is 12.0. The van der Waals surface area contributed by atoms with Gasteiger partial charge in [-0.2, -0.15) is 0 Å². The molecule has 2 aliphatic rings. The van der Waals surface area contributed by atoms with Crippen molar-refractivity contribution in [1.82, 2.24) is 15.5 Å². The van der Waals surface area contributed by atoms with Crippen molar-refractivity contribution in [1.29, 1.82) is 0 Å². The molecular formula is C24H39IN4O2. The molecule has 1 aromatic rings. The Labute approximate surface area is 204 Å². The molecule has 0 spiro atoms. The highest BCUT2D eigenvalue weighted by atomic mass is 127. The van der Waals surface area contributed by atoms with Crippen molar-refractivity contribution in [2.24, 2.45) is 16.3 Å². The zero-order valence-corrected chi connectivity index (χ0v) is 21.8. The molecule has 2 aliphatic heterocycles. The molecule has 2 unspecified atom stereocenters. The van der Waals surface area contributed by atoms with Gasteiger partial charge in [0.1, 0.15) is 6.54 Å². The first-order valence-corrected chi connectivity index (χ1v) is 11.4. The number of nitrogens with zero attached hydrogens (tertiary/aromatic N) is 2. The molecule has 1 amide bonds. The SMILES string of the molecule is CCNC(=NCC(=O)N1CCc2ccccc2C1)NCC1CCCOC1C(C)(C)C.I. The fourth-order valence-corrected chi connectivity index (χ4v) is 4.53. The second-order valence-corrected chi connectivity index (χ2v) is 9.47. The lowest BCUT2D eigenvalue weighted by Gasteiger charge is -2.40. The molecule has 1 aromatic carbocycles. The van der Waals surface area contributed by atoms with Crippen LogP contribution in [-0.2, 0) is 22.5 Å². The molecule has 2 heterocycles. The van der Waals surface area contributed by atoms with Gasteiger partial charge < -0.3 is 20.3 Å². The summed E-state index contributed by atoms with van der Waals surface area (Å²) in [7, 11) is 0. The molecule has 0 bridgehead atoms. The van der Waals surface area contributed by atoms with E-state index in [4.69, 9.17) is 4.74 Å². The number of amides is 1. The third kappa shape index (κ3) is 7.34. The molecule has 2 atom stereocenters. The topological polar surface area (TPSA) is 66.0 Å². The number of nitrogens with one attached hydrogen (secondary N) is 2. The Hall–Kier alpha value is -1.35. The van der Waals surface area contributed by atoms with Crippen LogP contribution in [0.3, 0.4) is 0 Å². The van der Waals surface area contributed by atoms with Crippen LogP contribution >= 0.6 is 24.0 Å². The Morgan fingerprint density at radius 3 is 2.68 bits per heavy atom. The van der Waals surface area contributed by atoms with Crippen molar-refractivity contribution in [2.45, 2.75) is 59.6 Å². The van der Waals surface area contributed by atoms with E-state index in [9.17, 15) is 4.79 Å². The Kier molecular flexibility index (Phi) is 10.1. The molecule has 2 N–H and O–H groups in total. The highest BCUT2D eigenvalue weighted by Gasteiger charge is 2.35. The highest BCUT2D eigenvalue weighted by Crippen LogP contribution is 2.33. The van der Waals surface area contributed by atoms with Crippen LogP contribution in [0.4, 0.5) is 0 Å². The third-order valence-electron chi connectivity index (χ3n) is 6.03. The Bertz CT molecular complexity index is 747. The lowest BCUT2D eigenvalue weighted by molar-refractivity contribution is -0.130. The van der Waals surface area contributed by atoms with Gasteiger partial charge in [0.2, 0.25) is 5.91 Å². The van der Waals surface area contributed by atoms with Crippen molar-refractivity contribution < 1.29 is 9.53 Å². The zero-order chi connectivity index (χ0) is 21.6. The Morgan fingerprint density at radius 2 is 1.97 bits per heavy atom. The van der Waals surface area contributed by atoms with Gasteiger partial charge in [0.25, 0.3) is 0 Å². The first kappa shape index (κ1) is 25.9. The van der Waals surface area contributed by atoms with Gasteiger partial charge in [-0.1, -0.05) is 45.0 Å². The van der Waals surface area contributed by atoms with Gasteiger partial charge in [0.05, 0.1) is 6.10 Å². The normalized spacial score (nSPS) is 21.7. The summed E-state index contributed by atoms with van der Waals surface area (Å²) in [5.41, 5.74) is 2.71. The molecule has 6 nitrogen and oxygen atoms in total. The minimum Gasteiger partial charge on any atom is -0.377 e. The van der Waals surface area contributed by atoms with E-state index in [0.29, 0.717) is 18.4 Å². The summed E-state index contributed by atoms with van der Waals surface area (Å²) in [6, 6.07) is 8.37. The number of carbonyl (C=O) groups excluding carboxylic acids is 1. The lowest BCUT2D eigenvalue weighted by Crippen LogP contribution is -2.47. The quantitative estimate of drug-likeness (QED) is 0.339. The van der Waals surface area contributed by atoms with E-state index in [-0.39, 0.29) is 47.9 Å². The third-order valence-corrected chi connectivity index (χ3v) is 6.03. The van der Waals surface area contributed by atoms with Crippen LogP contribution in [0.1, 0.15) is 51.7 Å². The smallest absolute Gasteiger partial charge is 0.244 e. The maximum Gasteiger partial charge on any atom is 0.244 e. The minimum absolute atomic E-state index is 0. The number of rotatable bonds is 5. The van der Waals surface area contributed by atoms with Crippen molar-refractivity contribution >= 4 is 35.8 Å². The second-order valence-electron chi connectivity index (χ2n) is 9.47. The summed E-state index contributed by atoms with van der Waals surface area (Å²) in [6.07, 6.45) is 3.40. The molecular weight excluding hydrogens is 503 g/mol. The first-order valence-electron chi connectivity index (χ1n) is 11.4. The number of guanidine groups is 1. The summed E-state index contributed by atoms with van der Waals surface area (Å²) >= 11 is 0. The van der Waals surface area contributed by atoms with E-state index >= 15 is 0 Å². The molecule has 3 rings (SSSR count). The molecule has 0 saturated carbocycles. The number of hydrogen-bond acceptors (Lipinski definition) is 3. The summed E-state index contributed by atoms with van der Waals surface area (Å²) in [5, 5.41) is 6.73. The fraction of sp³-hybridized carbons (Fsp3) is 0.667. The molecule has 7 heteroatoms. The maximum atomic E-state index is 12.7. The van der Waals surface area contributed by atoms with Gasteiger partial charge >= 0.3 is 0 Å². The van der Waals surface area contributed by atoms with Gasteiger partial charge in [-0.05, 0) is 42.7 Å². The largest absolute Gasteiger partial charge is 0.377 e. The van der Waals surface area contributed by atoms with Crippen LogP contribution < -0.4 is 10.6 Å². The van der Waals surface area contributed by atoms with Crippen LogP contribution in [0.15, 0.2) is 29.3 Å². The van der Waals surface area contributed by atoms with E-state index in [0.717, 1.165) is 45.5 Å². The molecule has 1 fully saturated rings. The van der Waals surface area contributed by atoms with Crippen molar-refractivity contribution in [3.05, 3.63) is 35.4 Å². The van der Waals surface area contributed by atoms with Crippen LogP contribution in [-0.4, -0.2) is 55.7 Å². The van der Waals surface area contributed by atoms with E-state index in [1.54, 1.807) is 0 Å². The molecule has 1 saturated heterocycles. The number of hydrogen-bond donors (Lipinski definition) is 2. The fourth-order valence-electron chi connectivity index (χ4n) is 4.53. The van der Waals surface area contributed by atoms with E-state index < -0.39 is 0 Å². The van der Waals surface area contributed by atoms with Crippen molar-refractivity contribution in [3.63, 3.8) is 0 Å². The van der Waals surface area contributed by atoms with Gasteiger partial charge in [0.15, 0.2) is 5.96 Å². The van der Waals surface area contributed by atoms with Gasteiger partial charge in [0, 0.05) is 38.7 Å². The minimum atomic E-state index is 0. The Morgan fingerprint density at radius 1 is 1.23 bits per heavy atom.